The topological polar surface area (TPSA) is 143 Å². The van der Waals surface area contributed by atoms with E-state index in [4.69, 9.17) is 30.5 Å². The van der Waals surface area contributed by atoms with Crippen LogP contribution in [0.2, 0.25) is 5.02 Å². The summed E-state index contributed by atoms with van der Waals surface area (Å²) in [4.78, 5) is 40.0. The highest BCUT2D eigenvalue weighted by molar-refractivity contribution is 7.93. The Morgan fingerprint density at radius 1 is 1.06 bits per heavy atom. The summed E-state index contributed by atoms with van der Waals surface area (Å²) in [6, 6.07) is 12.4. The number of likely N-dealkylation sites (N-methyl/N-ethyl adjacent to an activating group) is 1. The Balaban J connectivity index is 1.21. The molecule has 0 aliphatic carbocycles. The van der Waals surface area contributed by atoms with Crippen molar-refractivity contribution in [2.75, 3.05) is 71.6 Å². The van der Waals surface area contributed by atoms with Gasteiger partial charge in [0.1, 0.15) is 16.4 Å². The molecule has 52 heavy (non-hydrogen) atoms. The number of rotatable bonds is 11. The lowest BCUT2D eigenvalue weighted by molar-refractivity contribution is -0.121. The van der Waals surface area contributed by atoms with Gasteiger partial charge in [-0.3, -0.25) is 14.6 Å². The number of halogens is 1. The molecule has 4 aliphatic rings. The number of hydrogen-bond donors (Lipinski definition) is 1. The molecule has 3 amide bonds. The number of piperidine rings is 1. The number of pyridine rings is 1. The van der Waals surface area contributed by atoms with Crippen molar-refractivity contribution in [2.45, 2.75) is 48.3 Å². The number of amides is 3. The van der Waals surface area contributed by atoms with Gasteiger partial charge >= 0.3 is 6.03 Å². The Hall–Kier alpha value is -4.15. The number of sulfonamides is 1. The number of carbonyl (C=O) groups is 2. The van der Waals surface area contributed by atoms with Crippen LogP contribution in [0.4, 0.5) is 10.5 Å². The van der Waals surface area contributed by atoms with E-state index in [1.54, 1.807) is 24.0 Å². The van der Waals surface area contributed by atoms with Crippen molar-refractivity contribution in [1.82, 2.24) is 25.0 Å². The van der Waals surface area contributed by atoms with Gasteiger partial charge in [-0.05, 0) is 69.3 Å². The Morgan fingerprint density at radius 3 is 2.46 bits per heavy atom. The van der Waals surface area contributed by atoms with Crippen LogP contribution in [0.15, 0.2) is 59.6 Å². The van der Waals surface area contributed by atoms with Gasteiger partial charge in [-0.25, -0.2) is 18.2 Å². The first kappa shape index (κ1) is 36.2. The molecule has 0 saturated carbocycles. The largest absolute Gasteiger partial charge is 0.497 e. The molecule has 1 unspecified atom stereocenters. The van der Waals surface area contributed by atoms with Gasteiger partial charge in [0.2, 0.25) is 5.88 Å². The van der Waals surface area contributed by atoms with Crippen LogP contribution in [0, 0.1) is 0 Å². The van der Waals surface area contributed by atoms with Crippen molar-refractivity contribution in [3.63, 3.8) is 0 Å². The van der Waals surface area contributed by atoms with Crippen LogP contribution < -0.4 is 23.8 Å². The quantitative estimate of drug-likeness (QED) is 0.308. The van der Waals surface area contributed by atoms with Gasteiger partial charge in [0.25, 0.3) is 15.9 Å². The smallest absolute Gasteiger partial charge is 0.318 e. The third kappa shape index (κ3) is 6.11. The molecule has 4 aliphatic heterocycles. The van der Waals surface area contributed by atoms with Gasteiger partial charge in [0.15, 0.2) is 5.54 Å². The van der Waals surface area contributed by atoms with E-state index in [2.05, 4.69) is 27.1 Å². The maximum absolute atomic E-state index is 15.1. The molecule has 3 fully saturated rings. The Kier molecular flexibility index (Phi) is 9.99. The molecule has 0 spiro atoms. The molecule has 1 aromatic heterocycles. The van der Waals surface area contributed by atoms with Crippen molar-refractivity contribution in [2.24, 2.45) is 0 Å². The van der Waals surface area contributed by atoms with Crippen molar-refractivity contribution >= 4 is 39.2 Å². The highest BCUT2D eigenvalue weighted by atomic mass is 35.5. The number of anilines is 1. The second-order valence-electron chi connectivity index (χ2n) is 13.4. The lowest BCUT2D eigenvalue weighted by atomic mass is 9.84. The first-order valence-corrected chi connectivity index (χ1v) is 19.2. The number of urea groups is 1. The second-order valence-corrected chi connectivity index (χ2v) is 15.6. The SMILES string of the molecule is CCOc1ncccc1C1(NC(=O)N2CC(N3CCC(N(C)C4COC4)CC3)C2)C(=O)N(S(=O)(=O)c2ccc(OC)cc2OC)c2ccc(Cl)cc21. The predicted octanol–water partition coefficient (Wildman–Crippen LogP) is 3.32. The number of benzene rings is 2. The van der Waals surface area contributed by atoms with Crippen LogP contribution in [0.25, 0.3) is 0 Å². The minimum atomic E-state index is -4.65. The van der Waals surface area contributed by atoms with Crippen LogP contribution >= 0.6 is 11.6 Å². The number of nitrogens with one attached hydrogen (secondary N) is 1. The molecule has 0 radical (unpaired) electrons. The fourth-order valence-corrected chi connectivity index (χ4v) is 9.35. The fraction of sp³-hybridized carbons (Fsp3) is 0.472. The zero-order valence-electron chi connectivity index (χ0n) is 29.6. The van der Waals surface area contributed by atoms with E-state index < -0.39 is 27.5 Å². The molecule has 14 nitrogen and oxygen atoms in total. The van der Waals surface area contributed by atoms with E-state index in [0.29, 0.717) is 35.2 Å². The number of hydrogen-bond acceptors (Lipinski definition) is 11. The highest BCUT2D eigenvalue weighted by Crippen LogP contribution is 2.50. The third-order valence-electron chi connectivity index (χ3n) is 10.7. The summed E-state index contributed by atoms with van der Waals surface area (Å²) >= 11 is 6.55. The van der Waals surface area contributed by atoms with Crippen LogP contribution in [0.1, 0.15) is 30.9 Å². The minimum absolute atomic E-state index is 0.0154. The number of aromatic nitrogens is 1. The van der Waals surface area contributed by atoms with E-state index in [1.165, 1.54) is 56.8 Å². The summed E-state index contributed by atoms with van der Waals surface area (Å²) in [5, 5.41) is 3.21. The molecule has 1 N–H and O–H groups in total. The molecule has 3 saturated heterocycles. The molecular formula is C36H43ClN6O8S. The summed E-state index contributed by atoms with van der Waals surface area (Å²) in [6.45, 7) is 6.28. The standard InChI is InChI=1S/C36H43ClN6O8S/c1-5-51-33-28(7-6-14-38-33)36(39-35(45)42-19-25(20-42)41-15-12-24(13-16-41)40(2)26-21-50-22-26)29-17-23(37)8-10-30(29)43(34(36)44)52(46,47)32-11-9-27(48-3)18-31(32)49-4/h6-11,14,17-18,24-26H,5,12-13,15-16,19-22H2,1-4H3,(H,39,45). The maximum Gasteiger partial charge on any atom is 0.318 e. The average molecular weight is 755 g/mol. The number of methoxy groups -OCH3 is 2. The average Bonchev–Trinajstić information content (AvgIpc) is 3.34. The zero-order chi connectivity index (χ0) is 36.8. The van der Waals surface area contributed by atoms with Gasteiger partial charge in [-0.1, -0.05) is 11.6 Å². The number of likely N-dealkylation sites (tertiary alicyclic amines) is 2. The molecular weight excluding hydrogens is 712 g/mol. The summed E-state index contributed by atoms with van der Waals surface area (Å²) in [5.74, 6) is -0.555. The second kappa shape index (κ2) is 14.3. The lowest BCUT2D eigenvalue weighted by Gasteiger charge is -2.50. The summed E-state index contributed by atoms with van der Waals surface area (Å²) in [5.41, 5.74) is -1.74. The lowest BCUT2D eigenvalue weighted by Crippen LogP contribution is -2.67. The van der Waals surface area contributed by atoms with Gasteiger partial charge in [-0.2, -0.15) is 4.31 Å². The Bertz CT molecular complexity index is 1950. The van der Waals surface area contributed by atoms with E-state index in [1.807, 2.05) is 0 Å². The van der Waals surface area contributed by atoms with Gasteiger partial charge in [0.05, 0.1) is 51.3 Å². The summed E-state index contributed by atoms with van der Waals surface area (Å²) < 4.78 is 51.9. The predicted molar refractivity (Wildman–Crippen MR) is 193 cm³/mol. The maximum atomic E-state index is 15.1. The third-order valence-corrected chi connectivity index (χ3v) is 12.6. The summed E-state index contributed by atoms with van der Waals surface area (Å²) in [7, 11) is 0.293. The highest BCUT2D eigenvalue weighted by Gasteiger charge is 2.59. The number of fused-ring (bicyclic) bond motifs is 1. The minimum Gasteiger partial charge on any atom is -0.497 e. The molecule has 7 rings (SSSR count). The van der Waals surface area contributed by atoms with Crippen LogP contribution in [-0.2, 0) is 25.1 Å². The number of carbonyl (C=O) groups excluding carboxylic acids is 2. The number of ether oxygens (including phenoxy) is 4. The van der Waals surface area contributed by atoms with Gasteiger partial charge < -0.3 is 29.2 Å². The monoisotopic (exact) mass is 754 g/mol. The van der Waals surface area contributed by atoms with Crippen molar-refractivity contribution < 1.29 is 37.0 Å². The van der Waals surface area contributed by atoms with Crippen molar-refractivity contribution in [1.29, 1.82) is 0 Å². The van der Waals surface area contributed by atoms with Crippen LogP contribution in [-0.4, -0.2) is 125 Å². The first-order valence-electron chi connectivity index (χ1n) is 17.3. The van der Waals surface area contributed by atoms with Gasteiger partial charge in [0, 0.05) is 61.1 Å². The Labute approximate surface area is 308 Å². The normalized spacial score (nSPS) is 21.5. The van der Waals surface area contributed by atoms with Crippen LogP contribution in [0.3, 0.4) is 0 Å². The van der Waals surface area contributed by atoms with Gasteiger partial charge in [-0.15, -0.1) is 0 Å². The van der Waals surface area contributed by atoms with E-state index in [9.17, 15) is 13.2 Å². The molecule has 16 heteroatoms. The first-order chi connectivity index (χ1) is 25.0. The molecule has 2 aromatic carbocycles. The summed E-state index contributed by atoms with van der Waals surface area (Å²) in [6.07, 6.45) is 3.57. The van der Waals surface area contributed by atoms with E-state index in [0.717, 1.165) is 39.1 Å². The number of nitrogens with zero attached hydrogens (tertiary/aromatic N) is 5. The van der Waals surface area contributed by atoms with Crippen molar-refractivity contribution in [3.05, 3.63) is 70.9 Å². The zero-order valence-corrected chi connectivity index (χ0v) is 31.2. The fourth-order valence-electron chi connectivity index (χ4n) is 7.57. The van der Waals surface area contributed by atoms with Crippen molar-refractivity contribution in [3.8, 4) is 17.4 Å². The molecule has 278 valence electrons. The molecule has 0 bridgehead atoms. The molecule has 1 atom stereocenters. The Morgan fingerprint density at radius 2 is 1.81 bits per heavy atom. The molecule has 3 aromatic rings. The molecule has 5 heterocycles. The van der Waals surface area contributed by atoms with E-state index >= 15 is 4.79 Å². The van der Waals surface area contributed by atoms with Crippen LogP contribution in [0.5, 0.6) is 17.4 Å². The van der Waals surface area contributed by atoms with E-state index in [-0.39, 0.29) is 51.0 Å².